The number of para-hydroxylation sites is 1. The largest absolute Gasteiger partial charge is 0.362 e. The molecule has 2 rings (SSSR count). The Morgan fingerprint density at radius 3 is 2.58 bits per heavy atom. The number of hydrogen-bond acceptors (Lipinski definition) is 1. The van der Waals surface area contributed by atoms with Gasteiger partial charge in [0.05, 0.1) is 0 Å². The minimum atomic E-state index is 0.666. The third-order valence-electron chi connectivity index (χ3n) is 2.81. The third-order valence-corrected chi connectivity index (χ3v) is 3.06. The summed E-state index contributed by atoms with van der Waals surface area (Å²) < 4.78 is 0. The van der Waals surface area contributed by atoms with Crippen molar-refractivity contribution in [1.29, 1.82) is 0 Å². The molecule has 0 fully saturated rings. The zero-order chi connectivity index (χ0) is 13.5. The second-order valence-corrected chi connectivity index (χ2v) is 4.89. The Morgan fingerprint density at radius 2 is 1.84 bits per heavy atom. The first-order valence-electron chi connectivity index (χ1n) is 6.39. The maximum atomic E-state index is 5.25. The molecule has 0 aliphatic heterocycles. The fraction of sp³-hybridized carbons (Fsp3) is 0.188. The molecule has 0 aromatic heterocycles. The topological polar surface area (TPSA) is 24.1 Å². The van der Waals surface area contributed by atoms with Crippen LogP contribution >= 0.6 is 12.2 Å². The standard InChI is InChI=1S/C16H18N2S/c1-13-6-5-7-14(12-13)10-11-17-16(19)18-15-8-3-2-4-9-15/h2-9,12H,10-11H2,1H3,(H2,17,18,19). The number of nitrogens with one attached hydrogen (secondary N) is 2. The van der Waals surface area contributed by atoms with E-state index >= 15 is 0 Å². The zero-order valence-corrected chi connectivity index (χ0v) is 11.8. The van der Waals surface area contributed by atoms with E-state index in [0.29, 0.717) is 5.11 Å². The Bertz CT molecular complexity index is 537. The molecule has 0 saturated carbocycles. The monoisotopic (exact) mass is 270 g/mol. The van der Waals surface area contributed by atoms with Crippen molar-refractivity contribution in [2.75, 3.05) is 11.9 Å². The van der Waals surface area contributed by atoms with Gasteiger partial charge in [0.1, 0.15) is 0 Å². The van der Waals surface area contributed by atoms with Crippen LogP contribution in [-0.4, -0.2) is 11.7 Å². The number of aryl methyl sites for hydroxylation is 1. The van der Waals surface area contributed by atoms with Crippen molar-refractivity contribution in [3.8, 4) is 0 Å². The van der Waals surface area contributed by atoms with Gasteiger partial charge in [-0.05, 0) is 43.3 Å². The minimum Gasteiger partial charge on any atom is -0.362 e. The van der Waals surface area contributed by atoms with Crippen LogP contribution < -0.4 is 10.6 Å². The molecule has 0 atom stereocenters. The summed E-state index contributed by atoms with van der Waals surface area (Å²) in [4.78, 5) is 0. The van der Waals surface area contributed by atoms with E-state index in [1.807, 2.05) is 30.3 Å². The molecule has 0 aliphatic rings. The summed E-state index contributed by atoms with van der Waals surface area (Å²) in [5.41, 5.74) is 3.63. The van der Waals surface area contributed by atoms with E-state index in [0.717, 1.165) is 18.7 Å². The number of thiocarbonyl (C=S) groups is 1. The van der Waals surface area contributed by atoms with Crippen molar-refractivity contribution in [2.45, 2.75) is 13.3 Å². The number of anilines is 1. The lowest BCUT2D eigenvalue weighted by molar-refractivity contribution is 0.872. The van der Waals surface area contributed by atoms with E-state index in [4.69, 9.17) is 12.2 Å². The Hall–Kier alpha value is -1.87. The van der Waals surface area contributed by atoms with Crippen LogP contribution in [0.25, 0.3) is 0 Å². The molecule has 0 radical (unpaired) electrons. The average Bonchev–Trinajstić information content (AvgIpc) is 2.40. The van der Waals surface area contributed by atoms with Gasteiger partial charge in [-0.1, -0.05) is 48.0 Å². The predicted molar refractivity (Wildman–Crippen MR) is 85.5 cm³/mol. The second-order valence-electron chi connectivity index (χ2n) is 4.49. The maximum Gasteiger partial charge on any atom is 0.170 e. The molecule has 0 spiro atoms. The first kappa shape index (κ1) is 13.6. The number of hydrogen-bond donors (Lipinski definition) is 2. The van der Waals surface area contributed by atoms with Gasteiger partial charge >= 0.3 is 0 Å². The van der Waals surface area contributed by atoms with E-state index in [1.54, 1.807) is 0 Å². The molecule has 2 aromatic rings. The van der Waals surface area contributed by atoms with Crippen molar-refractivity contribution in [1.82, 2.24) is 5.32 Å². The van der Waals surface area contributed by atoms with Crippen LogP contribution in [0.3, 0.4) is 0 Å². The van der Waals surface area contributed by atoms with Crippen LogP contribution in [0.2, 0.25) is 0 Å². The van der Waals surface area contributed by atoms with Crippen molar-refractivity contribution in [3.05, 3.63) is 65.7 Å². The molecule has 0 amide bonds. The molecular formula is C16H18N2S. The first-order chi connectivity index (χ1) is 9.24. The maximum absolute atomic E-state index is 5.25. The molecule has 0 bridgehead atoms. The highest BCUT2D eigenvalue weighted by Gasteiger charge is 1.97. The quantitative estimate of drug-likeness (QED) is 0.831. The molecule has 19 heavy (non-hydrogen) atoms. The Kier molecular flexibility index (Phi) is 4.93. The van der Waals surface area contributed by atoms with Crippen LogP contribution in [0.15, 0.2) is 54.6 Å². The van der Waals surface area contributed by atoms with Crippen molar-refractivity contribution in [3.63, 3.8) is 0 Å². The lowest BCUT2D eigenvalue weighted by atomic mass is 10.1. The number of benzene rings is 2. The summed E-state index contributed by atoms with van der Waals surface area (Å²) >= 11 is 5.25. The van der Waals surface area contributed by atoms with E-state index in [9.17, 15) is 0 Å². The van der Waals surface area contributed by atoms with Gasteiger partial charge in [-0.25, -0.2) is 0 Å². The molecule has 0 unspecified atom stereocenters. The smallest absolute Gasteiger partial charge is 0.170 e. The van der Waals surface area contributed by atoms with E-state index in [2.05, 4.69) is 41.8 Å². The van der Waals surface area contributed by atoms with Gasteiger partial charge in [-0.3, -0.25) is 0 Å². The fourth-order valence-corrected chi connectivity index (χ4v) is 2.10. The van der Waals surface area contributed by atoms with Gasteiger partial charge in [0.25, 0.3) is 0 Å². The van der Waals surface area contributed by atoms with Gasteiger partial charge in [-0.2, -0.15) is 0 Å². The molecule has 0 saturated heterocycles. The molecule has 2 N–H and O–H groups in total. The van der Waals surface area contributed by atoms with Gasteiger partial charge in [-0.15, -0.1) is 0 Å². The third kappa shape index (κ3) is 4.72. The molecular weight excluding hydrogens is 252 g/mol. The lowest BCUT2D eigenvalue weighted by Crippen LogP contribution is -2.30. The fourth-order valence-electron chi connectivity index (χ4n) is 1.88. The summed E-state index contributed by atoms with van der Waals surface area (Å²) in [5, 5.41) is 7.04. The van der Waals surface area contributed by atoms with Gasteiger partial charge in [0.2, 0.25) is 0 Å². The van der Waals surface area contributed by atoms with Gasteiger partial charge < -0.3 is 10.6 Å². The molecule has 3 heteroatoms. The summed E-state index contributed by atoms with van der Waals surface area (Å²) in [6.45, 7) is 2.95. The Balaban J connectivity index is 1.75. The van der Waals surface area contributed by atoms with Crippen LogP contribution in [0.5, 0.6) is 0 Å². The average molecular weight is 270 g/mol. The molecule has 98 valence electrons. The van der Waals surface area contributed by atoms with E-state index in [-0.39, 0.29) is 0 Å². The first-order valence-corrected chi connectivity index (χ1v) is 6.80. The molecule has 2 nitrogen and oxygen atoms in total. The number of rotatable bonds is 4. The van der Waals surface area contributed by atoms with Crippen molar-refractivity contribution in [2.24, 2.45) is 0 Å². The lowest BCUT2D eigenvalue weighted by Gasteiger charge is -2.10. The summed E-state index contributed by atoms with van der Waals surface area (Å²) in [5.74, 6) is 0. The Morgan fingerprint density at radius 1 is 1.05 bits per heavy atom. The highest BCUT2D eigenvalue weighted by atomic mass is 32.1. The molecule has 2 aromatic carbocycles. The predicted octanol–water partition coefficient (Wildman–Crippen LogP) is 3.52. The van der Waals surface area contributed by atoms with Crippen LogP contribution in [0.4, 0.5) is 5.69 Å². The normalized spacial score (nSPS) is 9.95. The highest BCUT2D eigenvalue weighted by molar-refractivity contribution is 7.80. The van der Waals surface area contributed by atoms with E-state index < -0.39 is 0 Å². The SMILES string of the molecule is Cc1cccc(CCNC(=S)Nc2ccccc2)c1. The highest BCUT2D eigenvalue weighted by Crippen LogP contribution is 2.05. The summed E-state index contributed by atoms with van der Waals surface area (Å²) in [7, 11) is 0. The van der Waals surface area contributed by atoms with Gasteiger partial charge in [0, 0.05) is 12.2 Å². The van der Waals surface area contributed by atoms with Crippen LogP contribution in [-0.2, 0) is 6.42 Å². The molecule has 0 aliphatic carbocycles. The Labute approximate surface area is 119 Å². The zero-order valence-electron chi connectivity index (χ0n) is 11.0. The van der Waals surface area contributed by atoms with Crippen LogP contribution in [0, 0.1) is 6.92 Å². The van der Waals surface area contributed by atoms with Crippen LogP contribution in [0.1, 0.15) is 11.1 Å². The van der Waals surface area contributed by atoms with E-state index in [1.165, 1.54) is 11.1 Å². The molecule has 0 heterocycles. The summed E-state index contributed by atoms with van der Waals surface area (Å²) in [6, 6.07) is 18.5. The minimum absolute atomic E-state index is 0.666. The van der Waals surface area contributed by atoms with Gasteiger partial charge in [0.15, 0.2) is 5.11 Å². The second kappa shape index (κ2) is 6.90. The summed E-state index contributed by atoms with van der Waals surface area (Å²) in [6.07, 6.45) is 0.971. The van der Waals surface area contributed by atoms with Crippen molar-refractivity contribution < 1.29 is 0 Å². The van der Waals surface area contributed by atoms with Crippen molar-refractivity contribution >= 4 is 23.0 Å².